The minimum Gasteiger partial charge on any atom is -0.493 e. The highest BCUT2D eigenvalue weighted by Gasteiger charge is 2.11. The molecule has 0 heterocycles. The molecule has 0 aliphatic carbocycles. The van der Waals surface area contributed by atoms with Gasteiger partial charge >= 0.3 is 0 Å². The van der Waals surface area contributed by atoms with Gasteiger partial charge < -0.3 is 19.9 Å². The van der Waals surface area contributed by atoms with E-state index in [-0.39, 0.29) is 6.61 Å². The van der Waals surface area contributed by atoms with Crippen LogP contribution in [-0.4, -0.2) is 25.4 Å². The van der Waals surface area contributed by atoms with Crippen LogP contribution in [0.2, 0.25) is 10.0 Å². The lowest BCUT2D eigenvalue weighted by atomic mass is 10.2. The fourth-order valence-corrected chi connectivity index (χ4v) is 3.32. The molecule has 0 radical (unpaired) electrons. The third-order valence-corrected chi connectivity index (χ3v) is 5.52. The second kappa shape index (κ2) is 11.8. The summed E-state index contributed by atoms with van der Waals surface area (Å²) in [6.45, 7) is 2.25. The summed E-state index contributed by atoms with van der Waals surface area (Å²) in [5, 5.41) is 13.2. The van der Waals surface area contributed by atoms with Crippen LogP contribution in [0.5, 0.6) is 11.5 Å². The van der Waals surface area contributed by atoms with Gasteiger partial charge in [0.1, 0.15) is 6.61 Å². The summed E-state index contributed by atoms with van der Waals surface area (Å²) in [6, 6.07) is 9.31. The second-order valence-electron chi connectivity index (χ2n) is 6.09. The van der Waals surface area contributed by atoms with Gasteiger partial charge in [-0.25, -0.2) is 0 Å². The van der Waals surface area contributed by atoms with Crippen molar-refractivity contribution in [3.8, 4) is 11.5 Å². The first-order valence-corrected chi connectivity index (χ1v) is 10.3. The third kappa shape index (κ3) is 7.16. The molecule has 148 valence electrons. The highest BCUT2D eigenvalue weighted by atomic mass is 79.9. The van der Waals surface area contributed by atoms with E-state index in [4.69, 9.17) is 37.8 Å². The predicted octanol–water partition coefficient (Wildman–Crippen LogP) is 5.60. The van der Waals surface area contributed by atoms with E-state index in [1.807, 2.05) is 18.2 Å². The van der Waals surface area contributed by atoms with Gasteiger partial charge in [-0.15, -0.1) is 0 Å². The Morgan fingerprint density at radius 1 is 1.04 bits per heavy atom. The summed E-state index contributed by atoms with van der Waals surface area (Å²) in [4.78, 5) is 0. The molecular weight excluding hydrogens is 453 g/mol. The lowest BCUT2D eigenvalue weighted by Gasteiger charge is -2.15. The molecule has 0 saturated carbocycles. The zero-order valence-electron chi connectivity index (χ0n) is 15.2. The van der Waals surface area contributed by atoms with Crippen LogP contribution in [0, 0.1) is 0 Å². The summed E-state index contributed by atoms with van der Waals surface area (Å²) in [6.07, 6.45) is 2.92. The average molecular weight is 477 g/mol. The van der Waals surface area contributed by atoms with Crippen molar-refractivity contribution in [3.63, 3.8) is 0 Å². The molecule has 0 spiro atoms. The van der Waals surface area contributed by atoms with Gasteiger partial charge in [0.05, 0.1) is 17.2 Å². The summed E-state index contributed by atoms with van der Waals surface area (Å²) < 4.78 is 12.4. The number of halogens is 3. The molecular formula is C20H24BrCl2NO3. The van der Waals surface area contributed by atoms with Gasteiger partial charge in [-0.05, 0) is 61.2 Å². The van der Waals surface area contributed by atoms with Gasteiger partial charge in [-0.1, -0.05) is 45.2 Å². The monoisotopic (exact) mass is 475 g/mol. The standard InChI is InChI=1S/C20H24BrCl2NO3/c1-26-19-10-15(12-24-7-3-2-4-8-25)16(21)11-20(19)27-13-14-5-6-17(22)18(23)9-14/h5-6,9-11,24-25H,2-4,7-8,12-13H2,1H3. The molecule has 0 aliphatic heterocycles. The summed E-state index contributed by atoms with van der Waals surface area (Å²) in [5.74, 6) is 1.33. The fraction of sp³-hybridized carbons (Fsp3) is 0.400. The Balaban J connectivity index is 1.96. The molecule has 4 nitrogen and oxygen atoms in total. The lowest BCUT2D eigenvalue weighted by Crippen LogP contribution is -2.15. The van der Waals surface area contributed by atoms with Crippen molar-refractivity contribution in [3.05, 3.63) is 56.0 Å². The molecule has 0 saturated heterocycles. The van der Waals surface area contributed by atoms with Crippen molar-refractivity contribution < 1.29 is 14.6 Å². The summed E-state index contributed by atoms with van der Waals surface area (Å²) in [5.41, 5.74) is 2.02. The molecule has 0 aliphatic rings. The molecule has 0 aromatic heterocycles. The maximum Gasteiger partial charge on any atom is 0.162 e. The number of ether oxygens (including phenoxy) is 2. The molecule has 7 heteroatoms. The highest BCUT2D eigenvalue weighted by molar-refractivity contribution is 9.10. The molecule has 2 aromatic carbocycles. The van der Waals surface area contributed by atoms with Crippen molar-refractivity contribution in [2.75, 3.05) is 20.3 Å². The molecule has 27 heavy (non-hydrogen) atoms. The SMILES string of the molecule is COc1cc(CNCCCCCO)c(Br)cc1OCc1ccc(Cl)c(Cl)c1. The Hall–Kier alpha value is -0.980. The number of aliphatic hydroxyl groups excluding tert-OH is 1. The molecule has 0 unspecified atom stereocenters. The van der Waals surface area contributed by atoms with Gasteiger partial charge in [-0.2, -0.15) is 0 Å². The van der Waals surface area contributed by atoms with Crippen molar-refractivity contribution >= 4 is 39.1 Å². The van der Waals surface area contributed by atoms with Crippen LogP contribution >= 0.6 is 39.1 Å². The zero-order chi connectivity index (χ0) is 19.6. The van der Waals surface area contributed by atoms with E-state index in [2.05, 4.69) is 21.2 Å². The van der Waals surface area contributed by atoms with Crippen LogP contribution < -0.4 is 14.8 Å². The Morgan fingerprint density at radius 2 is 1.85 bits per heavy atom. The van der Waals surface area contributed by atoms with Crippen LogP contribution in [0.1, 0.15) is 30.4 Å². The first kappa shape index (κ1) is 22.3. The Kier molecular flexibility index (Phi) is 9.73. The normalized spacial score (nSPS) is 10.9. The zero-order valence-corrected chi connectivity index (χ0v) is 18.3. The first-order chi connectivity index (χ1) is 13.0. The minimum absolute atomic E-state index is 0.256. The molecule has 2 aromatic rings. The van der Waals surface area contributed by atoms with E-state index in [0.29, 0.717) is 28.2 Å². The highest BCUT2D eigenvalue weighted by Crippen LogP contribution is 2.34. The molecule has 0 amide bonds. The maximum atomic E-state index is 8.80. The largest absolute Gasteiger partial charge is 0.493 e. The van der Waals surface area contributed by atoms with E-state index >= 15 is 0 Å². The van der Waals surface area contributed by atoms with Crippen LogP contribution in [0.25, 0.3) is 0 Å². The van der Waals surface area contributed by atoms with Gasteiger partial charge in [0.25, 0.3) is 0 Å². The number of rotatable bonds is 11. The number of aliphatic hydroxyl groups is 1. The van der Waals surface area contributed by atoms with Crippen LogP contribution in [-0.2, 0) is 13.2 Å². The Bertz CT molecular complexity index is 743. The van der Waals surface area contributed by atoms with E-state index < -0.39 is 0 Å². The number of methoxy groups -OCH3 is 1. The molecule has 0 atom stereocenters. The van der Waals surface area contributed by atoms with Crippen LogP contribution in [0.3, 0.4) is 0 Å². The number of benzene rings is 2. The lowest BCUT2D eigenvalue weighted by molar-refractivity contribution is 0.282. The van der Waals surface area contributed by atoms with Gasteiger partial charge in [0.2, 0.25) is 0 Å². The molecule has 2 N–H and O–H groups in total. The van der Waals surface area contributed by atoms with Gasteiger partial charge in [-0.3, -0.25) is 0 Å². The van der Waals surface area contributed by atoms with Crippen LogP contribution in [0.4, 0.5) is 0 Å². The second-order valence-corrected chi connectivity index (χ2v) is 7.76. The van der Waals surface area contributed by atoms with Crippen LogP contribution in [0.15, 0.2) is 34.8 Å². The van der Waals surface area contributed by atoms with Crippen molar-refractivity contribution in [2.45, 2.75) is 32.4 Å². The summed E-state index contributed by atoms with van der Waals surface area (Å²) in [7, 11) is 1.63. The smallest absolute Gasteiger partial charge is 0.162 e. The number of hydrogen-bond donors (Lipinski definition) is 2. The first-order valence-electron chi connectivity index (χ1n) is 8.80. The Morgan fingerprint density at radius 3 is 2.56 bits per heavy atom. The molecule has 2 rings (SSSR count). The molecule has 0 bridgehead atoms. The van der Waals surface area contributed by atoms with Crippen molar-refractivity contribution in [1.82, 2.24) is 5.32 Å². The van der Waals surface area contributed by atoms with Gasteiger partial charge in [0.15, 0.2) is 11.5 Å². The van der Waals surface area contributed by atoms with Crippen molar-refractivity contribution in [2.24, 2.45) is 0 Å². The number of nitrogens with one attached hydrogen (secondary N) is 1. The topological polar surface area (TPSA) is 50.7 Å². The minimum atomic E-state index is 0.256. The molecule has 0 fully saturated rings. The van der Waals surface area contributed by atoms with E-state index in [1.165, 1.54) is 0 Å². The average Bonchev–Trinajstić information content (AvgIpc) is 2.66. The maximum absolute atomic E-state index is 8.80. The van der Waals surface area contributed by atoms with Crippen molar-refractivity contribution in [1.29, 1.82) is 0 Å². The van der Waals surface area contributed by atoms with Gasteiger partial charge in [0, 0.05) is 17.6 Å². The number of unbranched alkanes of at least 4 members (excludes halogenated alkanes) is 2. The Labute approximate surface area is 178 Å². The van der Waals surface area contributed by atoms with E-state index in [0.717, 1.165) is 48.0 Å². The number of hydrogen-bond acceptors (Lipinski definition) is 4. The predicted molar refractivity (Wildman–Crippen MR) is 114 cm³/mol. The third-order valence-electron chi connectivity index (χ3n) is 4.04. The fourth-order valence-electron chi connectivity index (χ4n) is 2.54. The van der Waals surface area contributed by atoms with E-state index in [9.17, 15) is 0 Å². The quantitative estimate of drug-likeness (QED) is 0.414. The van der Waals surface area contributed by atoms with E-state index in [1.54, 1.807) is 19.2 Å². The summed E-state index contributed by atoms with van der Waals surface area (Å²) >= 11 is 15.6.